The summed E-state index contributed by atoms with van der Waals surface area (Å²) in [4.78, 5) is 29.1. The zero-order valence-electron chi connectivity index (χ0n) is 21.9. The first kappa shape index (κ1) is 27.2. The van der Waals surface area contributed by atoms with Crippen LogP contribution >= 0.6 is 11.6 Å². The number of pyridine rings is 1. The monoisotopic (exact) mass is 581 g/mol. The third-order valence-electron chi connectivity index (χ3n) is 7.44. The Balaban J connectivity index is 1.17. The molecule has 2 atom stereocenters. The number of fused-ring (bicyclic) bond motifs is 1. The van der Waals surface area contributed by atoms with Crippen molar-refractivity contribution in [3.63, 3.8) is 0 Å². The van der Waals surface area contributed by atoms with Gasteiger partial charge in [-0.25, -0.2) is 24.1 Å². The molecular weight excluding hydrogens is 556 g/mol. The molecule has 1 N–H and O–H groups in total. The largest absolute Gasteiger partial charge is 0.477 e. The molecule has 1 aromatic carbocycles. The summed E-state index contributed by atoms with van der Waals surface area (Å²) >= 11 is 5.79. The first-order valence-electron chi connectivity index (χ1n) is 13.3. The van der Waals surface area contributed by atoms with Crippen molar-refractivity contribution < 1.29 is 28.2 Å². The highest BCUT2D eigenvalue weighted by molar-refractivity contribution is 6.30. The molecular formula is C29H26ClF2N5O4. The summed E-state index contributed by atoms with van der Waals surface area (Å²) in [5, 5.41) is 9.68. The summed E-state index contributed by atoms with van der Waals surface area (Å²) in [7, 11) is 0. The smallest absolute Gasteiger partial charge is 0.354 e. The van der Waals surface area contributed by atoms with E-state index in [0.717, 1.165) is 36.9 Å². The molecule has 12 heteroatoms. The number of aromatic carboxylic acids is 1. The van der Waals surface area contributed by atoms with Crippen LogP contribution in [0, 0.1) is 17.6 Å². The third-order valence-corrected chi connectivity index (χ3v) is 7.67. The Bertz CT molecular complexity index is 1660. The van der Waals surface area contributed by atoms with Gasteiger partial charge in [-0.1, -0.05) is 23.7 Å². The number of carboxylic acid groups (broad SMARTS) is 1. The number of benzene rings is 1. The fraction of sp³-hybridized carbons (Fsp3) is 0.345. The van der Waals surface area contributed by atoms with Gasteiger partial charge in [-0.15, -0.1) is 0 Å². The third kappa shape index (κ3) is 5.91. The van der Waals surface area contributed by atoms with E-state index >= 15 is 0 Å². The number of rotatable bonds is 9. The lowest BCUT2D eigenvalue weighted by Crippen LogP contribution is -2.32. The summed E-state index contributed by atoms with van der Waals surface area (Å²) in [6, 6.07) is 7.35. The van der Waals surface area contributed by atoms with Crippen molar-refractivity contribution in [1.82, 2.24) is 24.5 Å². The van der Waals surface area contributed by atoms with Crippen LogP contribution in [0.15, 0.2) is 42.6 Å². The fourth-order valence-corrected chi connectivity index (χ4v) is 5.23. The Hall–Kier alpha value is -3.96. The van der Waals surface area contributed by atoms with E-state index in [9.17, 15) is 18.7 Å². The fourth-order valence-electron chi connectivity index (χ4n) is 5.07. The molecule has 1 aliphatic carbocycles. The average Bonchev–Trinajstić information content (AvgIpc) is 3.27. The highest BCUT2D eigenvalue weighted by Gasteiger charge is 2.26. The lowest BCUT2D eigenvalue weighted by Gasteiger charge is -2.28. The number of carboxylic acids is 1. The van der Waals surface area contributed by atoms with E-state index in [2.05, 4.69) is 15.0 Å². The Morgan fingerprint density at radius 1 is 1.15 bits per heavy atom. The number of carbonyl (C=O) groups is 1. The van der Waals surface area contributed by atoms with Gasteiger partial charge in [0.15, 0.2) is 17.2 Å². The molecule has 1 fully saturated rings. The summed E-state index contributed by atoms with van der Waals surface area (Å²) < 4.78 is 41.6. The van der Waals surface area contributed by atoms with Gasteiger partial charge in [-0.3, -0.25) is 0 Å². The molecule has 2 aliphatic rings. The van der Waals surface area contributed by atoms with Gasteiger partial charge in [0, 0.05) is 23.6 Å². The van der Waals surface area contributed by atoms with Crippen molar-refractivity contribution in [2.75, 3.05) is 6.61 Å². The van der Waals surface area contributed by atoms with Crippen molar-refractivity contribution in [3.8, 4) is 5.88 Å². The number of allylic oxidation sites excluding steroid dienone is 2. The molecule has 4 aromatic rings. The molecule has 41 heavy (non-hydrogen) atoms. The van der Waals surface area contributed by atoms with Gasteiger partial charge in [-0.2, -0.15) is 9.37 Å². The second-order valence-corrected chi connectivity index (χ2v) is 10.6. The second kappa shape index (κ2) is 11.5. The van der Waals surface area contributed by atoms with Crippen LogP contribution in [-0.4, -0.2) is 48.3 Å². The average molecular weight is 582 g/mol. The van der Waals surface area contributed by atoms with Crippen molar-refractivity contribution in [1.29, 1.82) is 0 Å². The van der Waals surface area contributed by atoms with Crippen LogP contribution in [0.5, 0.6) is 5.88 Å². The first-order chi connectivity index (χ1) is 19.8. The molecule has 9 nitrogen and oxygen atoms in total. The number of hydrogen-bond acceptors (Lipinski definition) is 7. The number of nitrogens with zero attached hydrogens (tertiary/aromatic N) is 5. The molecule has 0 amide bonds. The van der Waals surface area contributed by atoms with E-state index < -0.39 is 17.6 Å². The van der Waals surface area contributed by atoms with E-state index in [1.54, 1.807) is 6.07 Å². The van der Waals surface area contributed by atoms with E-state index in [-0.39, 0.29) is 40.8 Å². The predicted molar refractivity (Wildman–Crippen MR) is 146 cm³/mol. The molecule has 3 aromatic heterocycles. The van der Waals surface area contributed by atoms with Crippen LogP contribution in [0.2, 0.25) is 5.02 Å². The van der Waals surface area contributed by atoms with Gasteiger partial charge in [0.1, 0.15) is 23.8 Å². The second-order valence-electron chi connectivity index (χ2n) is 10.2. The molecule has 0 saturated carbocycles. The summed E-state index contributed by atoms with van der Waals surface area (Å²) in [5.41, 5.74) is 2.30. The minimum absolute atomic E-state index is 0.0223. The molecule has 0 bridgehead atoms. The maximum absolute atomic E-state index is 14.4. The summed E-state index contributed by atoms with van der Waals surface area (Å²) in [5.74, 6) is -1.11. The van der Waals surface area contributed by atoms with Crippen LogP contribution in [0.25, 0.3) is 16.7 Å². The van der Waals surface area contributed by atoms with Crippen molar-refractivity contribution >= 4 is 34.3 Å². The standard InChI is InChI=1S/C29H26ClF2N5O4/c30-19-6-5-18(21(31)12-19)15-41-28-22(32)13-33-26(36-28)17-3-1-16(2-4-17)11-25-34-23-7-8-24(29(38)39)35-27(23)37(25)14-20-9-10-40-20/h3,5-8,12-13,16,20H,1-2,4,9-11,14-15H2,(H,38,39)/t16?,20-/m0/s1. The Morgan fingerprint density at radius 2 is 2.00 bits per heavy atom. The maximum atomic E-state index is 14.4. The highest BCUT2D eigenvalue weighted by Crippen LogP contribution is 2.32. The number of ether oxygens (including phenoxy) is 2. The summed E-state index contributed by atoms with van der Waals surface area (Å²) in [6.45, 7) is 1.09. The molecule has 6 rings (SSSR count). The summed E-state index contributed by atoms with van der Waals surface area (Å²) in [6.07, 6.45) is 7.02. The lowest BCUT2D eigenvalue weighted by atomic mass is 9.87. The van der Waals surface area contributed by atoms with Crippen LogP contribution in [0.3, 0.4) is 0 Å². The molecule has 212 valence electrons. The normalized spacial score (nSPS) is 18.7. The SMILES string of the molecule is O=C(O)c1ccc2nc(CC3CC=C(c4ncc(F)c(OCc5ccc(Cl)cc5F)n4)CC3)n(C[C@@H]3CCO3)c2n1. The van der Waals surface area contributed by atoms with Gasteiger partial charge in [0.05, 0.1) is 18.8 Å². The highest BCUT2D eigenvalue weighted by atomic mass is 35.5. The molecule has 0 spiro atoms. The van der Waals surface area contributed by atoms with Crippen LogP contribution < -0.4 is 4.74 Å². The lowest BCUT2D eigenvalue weighted by molar-refractivity contribution is -0.0591. The number of halogens is 3. The van der Waals surface area contributed by atoms with E-state index in [0.29, 0.717) is 43.0 Å². The zero-order valence-corrected chi connectivity index (χ0v) is 22.7. The van der Waals surface area contributed by atoms with Gasteiger partial charge >= 0.3 is 5.97 Å². The van der Waals surface area contributed by atoms with Gasteiger partial charge in [0.2, 0.25) is 5.82 Å². The molecule has 1 unspecified atom stereocenters. The minimum atomic E-state index is -1.08. The van der Waals surface area contributed by atoms with E-state index in [4.69, 9.17) is 26.1 Å². The van der Waals surface area contributed by atoms with E-state index in [1.165, 1.54) is 24.3 Å². The Morgan fingerprint density at radius 3 is 2.71 bits per heavy atom. The first-order valence-corrected chi connectivity index (χ1v) is 13.7. The van der Waals surface area contributed by atoms with Crippen molar-refractivity contribution in [2.24, 2.45) is 5.92 Å². The maximum Gasteiger partial charge on any atom is 0.354 e. The molecule has 0 radical (unpaired) electrons. The topological polar surface area (TPSA) is 112 Å². The molecule has 1 saturated heterocycles. The van der Waals surface area contributed by atoms with Gasteiger partial charge in [0.25, 0.3) is 5.88 Å². The number of aromatic nitrogens is 5. The van der Waals surface area contributed by atoms with Crippen LogP contribution in [0.1, 0.15) is 53.4 Å². The molecule has 4 heterocycles. The van der Waals surface area contributed by atoms with Gasteiger partial charge < -0.3 is 19.1 Å². The van der Waals surface area contributed by atoms with Crippen molar-refractivity contribution in [2.45, 2.75) is 51.4 Å². The Kier molecular flexibility index (Phi) is 7.63. The predicted octanol–water partition coefficient (Wildman–Crippen LogP) is 5.65. The zero-order chi connectivity index (χ0) is 28.5. The van der Waals surface area contributed by atoms with E-state index in [1.807, 2.05) is 10.6 Å². The Labute approximate surface area is 238 Å². The van der Waals surface area contributed by atoms with Crippen molar-refractivity contribution in [3.05, 3.63) is 82.2 Å². The van der Waals surface area contributed by atoms with Crippen LogP contribution in [-0.2, 0) is 24.3 Å². The number of imidazole rings is 1. The quantitative estimate of drug-likeness (QED) is 0.270. The molecule has 1 aliphatic heterocycles. The van der Waals surface area contributed by atoms with Gasteiger partial charge in [-0.05, 0) is 61.4 Å². The minimum Gasteiger partial charge on any atom is -0.477 e. The number of hydrogen-bond donors (Lipinski definition) is 1. The van der Waals surface area contributed by atoms with Crippen LogP contribution in [0.4, 0.5) is 8.78 Å².